The topological polar surface area (TPSA) is 78.9 Å². The first-order chi connectivity index (χ1) is 9.98. The Hall–Kier alpha value is -1.30. The van der Waals surface area contributed by atoms with Crippen LogP contribution in [0.25, 0.3) is 0 Å². The van der Waals surface area contributed by atoms with Crippen LogP contribution in [0.3, 0.4) is 0 Å². The molecule has 6 heteroatoms. The summed E-state index contributed by atoms with van der Waals surface area (Å²) >= 11 is 0. The Bertz CT molecular complexity index is 380. The van der Waals surface area contributed by atoms with Crippen LogP contribution in [0.4, 0.5) is 4.79 Å². The van der Waals surface area contributed by atoms with Crippen LogP contribution in [0, 0.1) is 5.92 Å². The van der Waals surface area contributed by atoms with Gasteiger partial charge in [0.25, 0.3) is 0 Å². The van der Waals surface area contributed by atoms with Crippen molar-refractivity contribution in [3.05, 3.63) is 0 Å². The van der Waals surface area contributed by atoms with Crippen molar-refractivity contribution in [3.63, 3.8) is 0 Å². The Morgan fingerprint density at radius 3 is 2.90 bits per heavy atom. The molecule has 2 rings (SSSR count). The molecule has 2 heterocycles. The first-order valence-electron chi connectivity index (χ1n) is 7.87. The van der Waals surface area contributed by atoms with Crippen LogP contribution in [0.5, 0.6) is 0 Å². The molecule has 2 saturated heterocycles. The highest BCUT2D eigenvalue weighted by Crippen LogP contribution is 2.24. The summed E-state index contributed by atoms with van der Waals surface area (Å²) in [5.41, 5.74) is -0.228. The average molecular weight is 298 g/mol. The largest absolute Gasteiger partial charge is 0.481 e. The van der Waals surface area contributed by atoms with Crippen molar-refractivity contribution in [2.75, 3.05) is 26.2 Å². The molecular formula is C15H26N2O4. The number of ether oxygens (including phenoxy) is 1. The predicted molar refractivity (Wildman–Crippen MR) is 78.2 cm³/mol. The molecule has 0 aromatic heterocycles. The quantitative estimate of drug-likeness (QED) is 0.812. The third-order valence-corrected chi connectivity index (χ3v) is 4.49. The summed E-state index contributed by atoms with van der Waals surface area (Å²) < 4.78 is 5.67. The van der Waals surface area contributed by atoms with Crippen LogP contribution < -0.4 is 5.32 Å². The number of urea groups is 1. The van der Waals surface area contributed by atoms with Crippen LogP contribution in [0.2, 0.25) is 0 Å². The number of nitrogens with zero attached hydrogens (tertiary/aromatic N) is 1. The van der Waals surface area contributed by atoms with Crippen molar-refractivity contribution in [3.8, 4) is 0 Å². The van der Waals surface area contributed by atoms with E-state index in [0.29, 0.717) is 25.4 Å². The molecule has 2 fully saturated rings. The van der Waals surface area contributed by atoms with Gasteiger partial charge < -0.3 is 20.1 Å². The number of piperidine rings is 1. The second-order valence-corrected chi connectivity index (χ2v) is 6.45. The molecule has 6 nitrogen and oxygen atoms in total. The fourth-order valence-corrected chi connectivity index (χ4v) is 3.16. The van der Waals surface area contributed by atoms with Gasteiger partial charge in [-0.25, -0.2) is 4.79 Å². The van der Waals surface area contributed by atoms with Gasteiger partial charge in [0.15, 0.2) is 0 Å². The van der Waals surface area contributed by atoms with E-state index in [-0.39, 0.29) is 18.1 Å². The molecule has 0 saturated carbocycles. The molecule has 2 aliphatic heterocycles. The number of carbonyl (C=O) groups excluding carboxylic acids is 1. The molecule has 2 N–H and O–H groups in total. The minimum absolute atomic E-state index is 0.0493. The van der Waals surface area contributed by atoms with Crippen molar-refractivity contribution in [1.82, 2.24) is 10.2 Å². The minimum Gasteiger partial charge on any atom is -0.481 e. The second kappa shape index (κ2) is 7.11. The number of rotatable bonds is 5. The number of nitrogens with one attached hydrogen (secondary N) is 1. The van der Waals surface area contributed by atoms with E-state index in [2.05, 4.69) is 5.32 Å². The van der Waals surface area contributed by atoms with Gasteiger partial charge in [-0.2, -0.15) is 0 Å². The zero-order valence-corrected chi connectivity index (χ0v) is 12.8. The number of aliphatic carboxylic acids is 1. The van der Waals surface area contributed by atoms with Crippen molar-refractivity contribution in [2.45, 2.75) is 51.0 Å². The Morgan fingerprint density at radius 1 is 1.43 bits per heavy atom. The lowest BCUT2D eigenvalue weighted by molar-refractivity contribution is -0.137. The van der Waals surface area contributed by atoms with E-state index in [0.717, 1.165) is 38.8 Å². The monoisotopic (exact) mass is 298 g/mol. The van der Waals surface area contributed by atoms with Gasteiger partial charge in [0.1, 0.15) is 0 Å². The van der Waals surface area contributed by atoms with Gasteiger partial charge >= 0.3 is 12.0 Å². The van der Waals surface area contributed by atoms with Crippen LogP contribution in [-0.4, -0.2) is 53.8 Å². The molecule has 2 atom stereocenters. The van der Waals surface area contributed by atoms with Gasteiger partial charge in [-0.3, -0.25) is 4.79 Å². The molecule has 21 heavy (non-hydrogen) atoms. The van der Waals surface area contributed by atoms with Gasteiger partial charge in [-0.1, -0.05) is 0 Å². The highest BCUT2D eigenvalue weighted by Gasteiger charge is 2.31. The second-order valence-electron chi connectivity index (χ2n) is 6.45. The van der Waals surface area contributed by atoms with Crippen molar-refractivity contribution in [1.29, 1.82) is 0 Å². The summed E-state index contributed by atoms with van der Waals surface area (Å²) in [4.78, 5) is 24.7. The molecule has 2 unspecified atom stereocenters. The Kier molecular flexibility index (Phi) is 5.45. The third-order valence-electron chi connectivity index (χ3n) is 4.49. The van der Waals surface area contributed by atoms with Crippen LogP contribution >= 0.6 is 0 Å². The molecule has 2 aliphatic rings. The fraction of sp³-hybridized carbons (Fsp3) is 0.867. The van der Waals surface area contributed by atoms with Crippen LogP contribution in [-0.2, 0) is 9.53 Å². The number of carbonyl (C=O) groups is 2. The van der Waals surface area contributed by atoms with Crippen molar-refractivity contribution in [2.24, 2.45) is 5.92 Å². The fourth-order valence-electron chi connectivity index (χ4n) is 3.16. The maximum atomic E-state index is 12.2. The first-order valence-corrected chi connectivity index (χ1v) is 7.87. The van der Waals surface area contributed by atoms with Gasteiger partial charge in [0, 0.05) is 32.7 Å². The maximum Gasteiger partial charge on any atom is 0.317 e. The molecule has 0 aromatic rings. The van der Waals surface area contributed by atoms with Crippen molar-refractivity contribution < 1.29 is 19.4 Å². The number of likely N-dealkylation sites (tertiary alicyclic amines) is 1. The number of amides is 2. The molecule has 0 aliphatic carbocycles. The van der Waals surface area contributed by atoms with E-state index in [1.54, 1.807) is 0 Å². The number of carboxylic acids is 1. The molecule has 0 spiro atoms. The predicted octanol–water partition coefficient (Wildman–Crippen LogP) is 1.84. The molecule has 0 aromatic carbocycles. The summed E-state index contributed by atoms with van der Waals surface area (Å²) in [6.07, 6.45) is 4.83. The van der Waals surface area contributed by atoms with Gasteiger partial charge in [-0.15, -0.1) is 0 Å². The molecule has 120 valence electrons. The van der Waals surface area contributed by atoms with Gasteiger partial charge in [0.05, 0.1) is 5.60 Å². The summed E-state index contributed by atoms with van der Waals surface area (Å²) in [6.45, 7) is 4.77. The van der Waals surface area contributed by atoms with Gasteiger partial charge in [-0.05, 0) is 44.9 Å². The lowest BCUT2D eigenvalue weighted by Crippen LogP contribution is -2.49. The van der Waals surface area contributed by atoms with E-state index in [1.807, 2.05) is 11.8 Å². The first kappa shape index (κ1) is 16.1. The zero-order chi connectivity index (χ0) is 15.3. The zero-order valence-electron chi connectivity index (χ0n) is 12.8. The Morgan fingerprint density at radius 2 is 2.24 bits per heavy atom. The smallest absolute Gasteiger partial charge is 0.317 e. The Balaban J connectivity index is 1.74. The third kappa shape index (κ3) is 4.88. The van der Waals surface area contributed by atoms with Crippen LogP contribution in [0.15, 0.2) is 0 Å². The minimum atomic E-state index is -0.761. The SMILES string of the molecule is CC1(CNC(=O)N2CCCC(CCC(=O)O)C2)CCCO1. The maximum absolute atomic E-state index is 12.2. The summed E-state index contributed by atoms with van der Waals surface area (Å²) in [5, 5.41) is 11.7. The highest BCUT2D eigenvalue weighted by atomic mass is 16.5. The number of hydrogen-bond acceptors (Lipinski definition) is 3. The standard InChI is InChI=1S/C15H26N2O4/c1-15(7-3-9-21-15)11-16-14(20)17-8-2-4-12(10-17)5-6-13(18)19/h12H,2-11H2,1H3,(H,16,20)(H,18,19). The lowest BCUT2D eigenvalue weighted by Gasteiger charge is -2.33. The summed E-state index contributed by atoms with van der Waals surface area (Å²) in [5.74, 6) is -0.457. The summed E-state index contributed by atoms with van der Waals surface area (Å²) in [6, 6.07) is -0.0493. The van der Waals surface area contributed by atoms with Crippen LogP contribution in [0.1, 0.15) is 45.4 Å². The lowest BCUT2D eigenvalue weighted by atomic mass is 9.93. The van der Waals surface area contributed by atoms with E-state index in [9.17, 15) is 9.59 Å². The average Bonchev–Trinajstić information content (AvgIpc) is 2.90. The van der Waals surface area contributed by atoms with E-state index in [1.165, 1.54) is 0 Å². The number of hydrogen-bond donors (Lipinski definition) is 2. The van der Waals surface area contributed by atoms with E-state index >= 15 is 0 Å². The molecule has 2 amide bonds. The molecular weight excluding hydrogens is 272 g/mol. The number of carboxylic acid groups (broad SMARTS) is 1. The van der Waals surface area contributed by atoms with E-state index < -0.39 is 5.97 Å². The summed E-state index contributed by atoms with van der Waals surface area (Å²) in [7, 11) is 0. The highest BCUT2D eigenvalue weighted by molar-refractivity contribution is 5.74. The molecule has 0 radical (unpaired) electrons. The van der Waals surface area contributed by atoms with E-state index in [4.69, 9.17) is 9.84 Å². The molecule has 0 bridgehead atoms. The Labute approximate surface area is 125 Å². The van der Waals surface area contributed by atoms with Crippen molar-refractivity contribution >= 4 is 12.0 Å². The van der Waals surface area contributed by atoms with Gasteiger partial charge in [0.2, 0.25) is 0 Å². The normalized spacial score (nSPS) is 29.4.